The smallest absolute Gasteiger partial charge is 0.256 e. The lowest BCUT2D eigenvalue weighted by atomic mass is 10.0. The summed E-state index contributed by atoms with van der Waals surface area (Å²) in [4.78, 5) is 12.5. The van der Waals surface area contributed by atoms with Crippen molar-refractivity contribution in [3.05, 3.63) is 108 Å². The first-order chi connectivity index (χ1) is 13.3. The molecule has 132 valence electrons. The van der Waals surface area contributed by atoms with Crippen molar-refractivity contribution >= 4 is 11.7 Å². The van der Waals surface area contributed by atoms with Crippen LogP contribution in [0.4, 0.5) is 5.82 Å². The van der Waals surface area contributed by atoms with E-state index in [2.05, 4.69) is 22.5 Å². The van der Waals surface area contributed by atoms with E-state index in [-0.39, 0.29) is 5.91 Å². The molecule has 0 unspecified atom stereocenters. The van der Waals surface area contributed by atoms with Crippen LogP contribution in [-0.4, -0.2) is 15.7 Å². The van der Waals surface area contributed by atoms with Gasteiger partial charge in [-0.15, -0.1) is 0 Å². The van der Waals surface area contributed by atoms with Gasteiger partial charge >= 0.3 is 0 Å². The van der Waals surface area contributed by atoms with Gasteiger partial charge in [0.1, 0.15) is 0 Å². The third-order valence-corrected chi connectivity index (χ3v) is 4.32. The molecule has 4 heteroatoms. The summed E-state index contributed by atoms with van der Waals surface area (Å²) < 4.78 is 1.81. The van der Waals surface area contributed by atoms with E-state index in [0.717, 1.165) is 16.7 Å². The molecule has 0 aliphatic heterocycles. The van der Waals surface area contributed by atoms with Gasteiger partial charge in [-0.2, -0.15) is 5.10 Å². The van der Waals surface area contributed by atoms with Crippen LogP contribution in [0.3, 0.4) is 0 Å². The Morgan fingerprint density at radius 2 is 1.41 bits per heavy atom. The molecule has 0 atom stereocenters. The second-order valence-corrected chi connectivity index (χ2v) is 6.28. The van der Waals surface area contributed by atoms with E-state index in [4.69, 9.17) is 0 Å². The summed E-state index contributed by atoms with van der Waals surface area (Å²) in [5.74, 6) is 0.377. The molecule has 0 fully saturated rings. The Morgan fingerprint density at radius 3 is 2.11 bits per heavy atom. The zero-order valence-electron chi connectivity index (χ0n) is 14.7. The lowest BCUT2D eigenvalue weighted by Gasteiger charge is -2.05. The maximum atomic E-state index is 12.5. The summed E-state index contributed by atoms with van der Waals surface area (Å²) in [6, 6.07) is 29.6. The summed E-state index contributed by atoms with van der Waals surface area (Å²) in [5.41, 5.74) is 3.98. The molecular formula is C23H19N3O. The number of amides is 1. The van der Waals surface area contributed by atoms with E-state index >= 15 is 0 Å². The summed E-state index contributed by atoms with van der Waals surface area (Å²) in [5, 5.41) is 7.27. The monoisotopic (exact) mass is 353 g/mol. The Kier molecular flexibility index (Phi) is 4.79. The van der Waals surface area contributed by atoms with E-state index in [0.29, 0.717) is 17.9 Å². The minimum absolute atomic E-state index is 0.167. The number of aromatic nitrogens is 2. The van der Waals surface area contributed by atoms with Gasteiger partial charge in [0.25, 0.3) is 5.91 Å². The molecular weight excluding hydrogens is 334 g/mol. The summed E-state index contributed by atoms with van der Waals surface area (Å²) >= 11 is 0. The fourth-order valence-electron chi connectivity index (χ4n) is 2.92. The minimum Gasteiger partial charge on any atom is -0.305 e. The van der Waals surface area contributed by atoms with E-state index < -0.39 is 0 Å². The van der Waals surface area contributed by atoms with Gasteiger partial charge in [0.2, 0.25) is 0 Å². The molecule has 3 aromatic carbocycles. The molecule has 4 rings (SSSR count). The predicted molar refractivity (Wildman–Crippen MR) is 108 cm³/mol. The van der Waals surface area contributed by atoms with Gasteiger partial charge in [-0.05, 0) is 28.8 Å². The van der Waals surface area contributed by atoms with Crippen LogP contribution in [0.5, 0.6) is 0 Å². The van der Waals surface area contributed by atoms with Gasteiger partial charge < -0.3 is 5.32 Å². The Balaban J connectivity index is 1.42. The van der Waals surface area contributed by atoms with E-state index in [9.17, 15) is 4.79 Å². The molecule has 0 saturated heterocycles. The number of anilines is 1. The molecule has 4 nitrogen and oxygen atoms in total. The van der Waals surface area contributed by atoms with E-state index in [1.807, 2.05) is 83.7 Å². The highest BCUT2D eigenvalue weighted by Crippen LogP contribution is 2.19. The average Bonchev–Trinajstić information content (AvgIpc) is 3.16. The van der Waals surface area contributed by atoms with Crippen LogP contribution in [0.1, 0.15) is 15.9 Å². The molecule has 0 spiro atoms. The number of hydrogen-bond donors (Lipinski definition) is 1. The molecule has 1 heterocycles. The molecule has 0 aliphatic rings. The summed E-state index contributed by atoms with van der Waals surface area (Å²) in [6.07, 6.45) is 1.86. The fraction of sp³-hybridized carbons (Fsp3) is 0.0435. The van der Waals surface area contributed by atoms with Gasteiger partial charge in [0.15, 0.2) is 5.82 Å². The van der Waals surface area contributed by atoms with Crippen molar-refractivity contribution in [2.24, 2.45) is 0 Å². The van der Waals surface area contributed by atoms with Crippen molar-refractivity contribution in [3.8, 4) is 11.1 Å². The second kappa shape index (κ2) is 7.70. The molecule has 0 aliphatic carbocycles. The van der Waals surface area contributed by atoms with Gasteiger partial charge in [0, 0.05) is 17.8 Å². The maximum Gasteiger partial charge on any atom is 0.256 e. The van der Waals surface area contributed by atoms with Crippen LogP contribution in [0.2, 0.25) is 0 Å². The van der Waals surface area contributed by atoms with Crippen molar-refractivity contribution in [1.82, 2.24) is 9.78 Å². The standard InChI is InChI=1S/C23H19N3O/c27-23(21-13-11-20(12-14-21)19-9-5-2-6-10-19)24-22-15-16-26(25-22)17-18-7-3-1-4-8-18/h1-16H,17H2,(H,24,25,27). The number of benzene rings is 3. The minimum atomic E-state index is -0.167. The zero-order chi connectivity index (χ0) is 18.5. The molecule has 1 amide bonds. The first-order valence-electron chi connectivity index (χ1n) is 8.82. The summed E-state index contributed by atoms with van der Waals surface area (Å²) in [7, 11) is 0. The Bertz CT molecular complexity index is 1020. The van der Waals surface area contributed by atoms with Crippen molar-refractivity contribution in [3.63, 3.8) is 0 Å². The number of carbonyl (C=O) groups is 1. The van der Waals surface area contributed by atoms with Crippen LogP contribution in [0, 0.1) is 0 Å². The van der Waals surface area contributed by atoms with E-state index in [1.165, 1.54) is 0 Å². The van der Waals surface area contributed by atoms with Crippen LogP contribution in [-0.2, 0) is 6.54 Å². The maximum absolute atomic E-state index is 12.5. The zero-order valence-corrected chi connectivity index (χ0v) is 14.7. The third kappa shape index (κ3) is 4.12. The van der Waals surface area contributed by atoms with Crippen LogP contribution < -0.4 is 5.32 Å². The first kappa shape index (κ1) is 16.8. The van der Waals surface area contributed by atoms with Crippen molar-refractivity contribution in [2.75, 3.05) is 5.32 Å². The van der Waals surface area contributed by atoms with Crippen molar-refractivity contribution in [1.29, 1.82) is 0 Å². The molecule has 1 N–H and O–H groups in total. The average molecular weight is 353 g/mol. The van der Waals surface area contributed by atoms with Crippen molar-refractivity contribution in [2.45, 2.75) is 6.54 Å². The van der Waals surface area contributed by atoms with Crippen molar-refractivity contribution < 1.29 is 4.79 Å². The SMILES string of the molecule is O=C(Nc1ccn(Cc2ccccc2)n1)c1ccc(-c2ccccc2)cc1. The molecule has 4 aromatic rings. The number of nitrogens with one attached hydrogen (secondary N) is 1. The predicted octanol–water partition coefficient (Wildman–Crippen LogP) is 4.85. The fourth-order valence-corrected chi connectivity index (χ4v) is 2.92. The highest BCUT2D eigenvalue weighted by molar-refractivity contribution is 6.03. The number of rotatable bonds is 5. The number of nitrogens with zero attached hydrogens (tertiary/aromatic N) is 2. The van der Waals surface area contributed by atoms with Gasteiger partial charge in [-0.1, -0.05) is 72.8 Å². The summed E-state index contributed by atoms with van der Waals surface area (Å²) in [6.45, 7) is 0.669. The van der Waals surface area contributed by atoms with Gasteiger partial charge in [0.05, 0.1) is 6.54 Å². The molecule has 1 aromatic heterocycles. The van der Waals surface area contributed by atoms with Crippen LogP contribution in [0.15, 0.2) is 97.2 Å². The molecule has 0 radical (unpaired) electrons. The lowest BCUT2D eigenvalue weighted by Crippen LogP contribution is -2.12. The molecule has 0 saturated carbocycles. The van der Waals surface area contributed by atoms with Crippen LogP contribution in [0.25, 0.3) is 11.1 Å². The number of hydrogen-bond acceptors (Lipinski definition) is 2. The highest BCUT2D eigenvalue weighted by Gasteiger charge is 2.08. The Labute approximate surface area is 158 Å². The van der Waals surface area contributed by atoms with Gasteiger partial charge in [-0.25, -0.2) is 0 Å². The van der Waals surface area contributed by atoms with E-state index in [1.54, 1.807) is 6.07 Å². The Morgan fingerprint density at radius 1 is 0.778 bits per heavy atom. The Hall–Kier alpha value is -3.66. The molecule has 0 bridgehead atoms. The lowest BCUT2D eigenvalue weighted by molar-refractivity contribution is 0.102. The quantitative estimate of drug-likeness (QED) is 0.557. The normalized spacial score (nSPS) is 10.5. The number of carbonyl (C=O) groups excluding carboxylic acids is 1. The molecule has 27 heavy (non-hydrogen) atoms. The third-order valence-electron chi connectivity index (χ3n) is 4.32. The van der Waals surface area contributed by atoms with Gasteiger partial charge in [-0.3, -0.25) is 9.48 Å². The topological polar surface area (TPSA) is 46.9 Å². The highest BCUT2D eigenvalue weighted by atomic mass is 16.1. The second-order valence-electron chi connectivity index (χ2n) is 6.28. The largest absolute Gasteiger partial charge is 0.305 e. The van der Waals surface area contributed by atoms with Crippen LogP contribution >= 0.6 is 0 Å². The first-order valence-corrected chi connectivity index (χ1v) is 8.82.